The Kier molecular flexibility index (Phi) is 9.57. The number of amides is 1. The predicted octanol–water partition coefficient (Wildman–Crippen LogP) is 3.59. The van der Waals surface area contributed by atoms with E-state index in [0.717, 1.165) is 42.3 Å². The molecule has 2 rings (SSSR count). The maximum atomic E-state index is 12.1. The van der Waals surface area contributed by atoms with Gasteiger partial charge in [-0.3, -0.25) is 9.79 Å². The molecule has 0 atom stereocenters. The molecule has 0 spiro atoms. The Bertz CT molecular complexity index is 803. The summed E-state index contributed by atoms with van der Waals surface area (Å²) in [5.41, 5.74) is 3.12. The quantitative estimate of drug-likeness (QED) is 0.286. The highest BCUT2D eigenvalue weighted by Crippen LogP contribution is 2.17. The molecule has 0 bridgehead atoms. The Balaban J connectivity index is 1.81. The number of rotatable bonds is 9. The average molecular weight is 413 g/mol. The van der Waals surface area contributed by atoms with Crippen LogP contribution in [-0.4, -0.2) is 56.2 Å². The number of hydrogen-bond donors (Lipinski definition) is 2. The summed E-state index contributed by atoms with van der Waals surface area (Å²) in [6.45, 7) is 6.50. The first-order chi connectivity index (χ1) is 14.0. The van der Waals surface area contributed by atoms with Gasteiger partial charge in [0.15, 0.2) is 5.96 Å². The van der Waals surface area contributed by atoms with E-state index in [-0.39, 0.29) is 5.91 Å². The number of carbonyl (C=O) groups is 1. The second-order valence-corrected chi connectivity index (χ2v) is 8.17. The maximum absolute atomic E-state index is 12.1. The van der Waals surface area contributed by atoms with Crippen LogP contribution in [0.4, 0.5) is 0 Å². The largest absolute Gasteiger partial charge is 0.357 e. The van der Waals surface area contributed by atoms with Crippen LogP contribution in [-0.2, 0) is 6.42 Å². The van der Waals surface area contributed by atoms with E-state index in [4.69, 9.17) is 0 Å². The molecular formula is C23H32N4OS. The number of guanidine groups is 1. The van der Waals surface area contributed by atoms with Crippen LogP contribution >= 0.6 is 11.8 Å². The van der Waals surface area contributed by atoms with Crippen LogP contribution in [0.5, 0.6) is 0 Å². The summed E-state index contributed by atoms with van der Waals surface area (Å²) in [4.78, 5) is 19.7. The molecule has 2 aromatic carbocycles. The molecule has 0 saturated heterocycles. The molecule has 2 N–H and O–H groups in total. The Labute approximate surface area is 179 Å². The smallest absolute Gasteiger partial charge is 0.253 e. The Morgan fingerprint density at radius 2 is 1.86 bits per heavy atom. The van der Waals surface area contributed by atoms with Gasteiger partial charge in [-0.1, -0.05) is 29.8 Å². The first kappa shape index (κ1) is 22.8. The summed E-state index contributed by atoms with van der Waals surface area (Å²) in [5, 5.41) is 6.68. The lowest BCUT2D eigenvalue weighted by molar-refractivity contribution is 0.0827. The minimum atomic E-state index is 0.0245. The summed E-state index contributed by atoms with van der Waals surface area (Å²) in [6, 6.07) is 16.4. The van der Waals surface area contributed by atoms with E-state index in [1.165, 1.54) is 10.5 Å². The third kappa shape index (κ3) is 8.20. The van der Waals surface area contributed by atoms with E-state index in [9.17, 15) is 4.79 Å². The second-order valence-electron chi connectivity index (χ2n) is 7.00. The zero-order valence-electron chi connectivity index (χ0n) is 17.9. The van der Waals surface area contributed by atoms with Crippen molar-refractivity contribution in [3.05, 3.63) is 65.2 Å². The summed E-state index contributed by atoms with van der Waals surface area (Å²) in [7, 11) is 3.54. The average Bonchev–Trinajstić information content (AvgIpc) is 2.72. The van der Waals surface area contributed by atoms with Gasteiger partial charge in [0.2, 0.25) is 0 Å². The third-order valence-corrected chi connectivity index (χ3v) is 5.29. The molecule has 0 saturated carbocycles. The Morgan fingerprint density at radius 1 is 1.10 bits per heavy atom. The SMILES string of the molecule is CCNC(=NCCc1cccc(C(=O)N(C)C)c1)NCCSc1ccc(C)cc1. The van der Waals surface area contributed by atoms with Crippen molar-refractivity contribution in [2.75, 3.05) is 39.5 Å². The van der Waals surface area contributed by atoms with E-state index in [1.807, 2.05) is 36.0 Å². The van der Waals surface area contributed by atoms with Crippen molar-refractivity contribution in [1.29, 1.82) is 0 Å². The lowest BCUT2D eigenvalue weighted by Crippen LogP contribution is -2.38. The van der Waals surface area contributed by atoms with Gasteiger partial charge in [0.25, 0.3) is 5.91 Å². The second kappa shape index (κ2) is 12.2. The number of benzene rings is 2. The number of aliphatic imine (C=N–C) groups is 1. The molecule has 0 heterocycles. The zero-order valence-corrected chi connectivity index (χ0v) is 18.7. The number of nitrogens with zero attached hydrogens (tertiary/aromatic N) is 2. The Morgan fingerprint density at radius 3 is 2.55 bits per heavy atom. The van der Waals surface area contributed by atoms with Crippen LogP contribution in [0.3, 0.4) is 0 Å². The maximum Gasteiger partial charge on any atom is 0.253 e. The molecule has 2 aromatic rings. The van der Waals surface area contributed by atoms with Gasteiger partial charge in [-0.25, -0.2) is 0 Å². The fourth-order valence-electron chi connectivity index (χ4n) is 2.73. The van der Waals surface area contributed by atoms with Crippen molar-refractivity contribution in [1.82, 2.24) is 15.5 Å². The highest BCUT2D eigenvalue weighted by Gasteiger charge is 2.08. The monoisotopic (exact) mass is 412 g/mol. The van der Waals surface area contributed by atoms with E-state index >= 15 is 0 Å². The summed E-state index contributed by atoms with van der Waals surface area (Å²) in [6.07, 6.45) is 0.795. The summed E-state index contributed by atoms with van der Waals surface area (Å²) < 4.78 is 0. The first-order valence-electron chi connectivity index (χ1n) is 10.0. The summed E-state index contributed by atoms with van der Waals surface area (Å²) >= 11 is 1.84. The number of hydrogen-bond acceptors (Lipinski definition) is 3. The lowest BCUT2D eigenvalue weighted by Gasteiger charge is -2.12. The highest BCUT2D eigenvalue weighted by atomic mass is 32.2. The standard InChI is InChI=1S/C23H32N4OS/c1-5-24-23(26-15-16-29-21-11-9-18(2)10-12-21)25-14-13-19-7-6-8-20(17-19)22(28)27(3)4/h6-12,17H,5,13-16H2,1-4H3,(H2,24,25,26). The Hall–Kier alpha value is -2.47. The van der Waals surface area contributed by atoms with E-state index in [2.05, 4.69) is 53.7 Å². The number of nitrogens with one attached hydrogen (secondary N) is 2. The van der Waals surface area contributed by atoms with Crippen LogP contribution in [0.1, 0.15) is 28.4 Å². The van der Waals surface area contributed by atoms with Gasteiger partial charge in [0, 0.05) is 49.9 Å². The zero-order chi connectivity index (χ0) is 21.1. The van der Waals surface area contributed by atoms with Gasteiger partial charge >= 0.3 is 0 Å². The topological polar surface area (TPSA) is 56.7 Å². The number of aryl methyl sites for hydroxylation is 1. The molecule has 0 aromatic heterocycles. The molecule has 6 heteroatoms. The number of thioether (sulfide) groups is 1. The molecule has 0 radical (unpaired) electrons. The van der Waals surface area contributed by atoms with Gasteiger partial charge < -0.3 is 15.5 Å². The van der Waals surface area contributed by atoms with Crippen LogP contribution < -0.4 is 10.6 Å². The fraction of sp³-hybridized carbons (Fsp3) is 0.391. The predicted molar refractivity (Wildman–Crippen MR) is 124 cm³/mol. The molecule has 0 fully saturated rings. The number of carbonyl (C=O) groups excluding carboxylic acids is 1. The van der Waals surface area contributed by atoms with Gasteiger partial charge in [-0.15, -0.1) is 11.8 Å². The normalized spacial score (nSPS) is 11.2. The van der Waals surface area contributed by atoms with Crippen molar-refractivity contribution in [3.63, 3.8) is 0 Å². The molecule has 0 unspecified atom stereocenters. The molecule has 156 valence electrons. The van der Waals surface area contributed by atoms with Gasteiger partial charge in [-0.05, 0) is 50.1 Å². The van der Waals surface area contributed by atoms with Crippen molar-refractivity contribution in [2.24, 2.45) is 4.99 Å². The van der Waals surface area contributed by atoms with Gasteiger partial charge in [0.05, 0.1) is 0 Å². The first-order valence-corrected chi connectivity index (χ1v) is 11.0. The molecule has 1 amide bonds. The van der Waals surface area contributed by atoms with E-state index < -0.39 is 0 Å². The van der Waals surface area contributed by atoms with E-state index in [1.54, 1.807) is 19.0 Å². The molecule has 0 aliphatic heterocycles. The molecule has 0 aliphatic carbocycles. The fourth-order valence-corrected chi connectivity index (χ4v) is 3.50. The third-order valence-electron chi connectivity index (χ3n) is 4.28. The van der Waals surface area contributed by atoms with Crippen LogP contribution in [0, 0.1) is 6.92 Å². The lowest BCUT2D eigenvalue weighted by atomic mass is 10.1. The van der Waals surface area contributed by atoms with Crippen molar-refractivity contribution >= 4 is 23.6 Å². The minimum absolute atomic E-state index is 0.0245. The molecule has 29 heavy (non-hydrogen) atoms. The molecule has 0 aliphatic rings. The molecule has 5 nitrogen and oxygen atoms in total. The van der Waals surface area contributed by atoms with Crippen LogP contribution in [0.2, 0.25) is 0 Å². The minimum Gasteiger partial charge on any atom is -0.357 e. The van der Waals surface area contributed by atoms with Gasteiger partial charge in [-0.2, -0.15) is 0 Å². The van der Waals surface area contributed by atoms with Crippen molar-refractivity contribution in [3.8, 4) is 0 Å². The van der Waals surface area contributed by atoms with Crippen LogP contribution in [0.25, 0.3) is 0 Å². The van der Waals surface area contributed by atoms with Gasteiger partial charge in [0.1, 0.15) is 0 Å². The highest BCUT2D eigenvalue weighted by molar-refractivity contribution is 7.99. The van der Waals surface area contributed by atoms with Crippen molar-refractivity contribution in [2.45, 2.75) is 25.2 Å². The van der Waals surface area contributed by atoms with E-state index in [0.29, 0.717) is 6.54 Å². The molecular weight excluding hydrogens is 380 g/mol. The van der Waals surface area contributed by atoms with Crippen LogP contribution in [0.15, 0.2) is 58.4 Å². The van der Waals surface area contributed by atoms with Crippen molar-refractivity contribution < 1.29 is 4.79 Å². The summed E-state index contributed by atoms with van der Waals surface area (Å²) in [5.74, 6) is 1.83.